The van der Waals surface area contributed by atoms with Crippen LogP contribution in [0.25, 0.3) is 11.3 Å². The van der Waals surface area contributed by atoms with Crippen LogP contribution in [0, 0.1) is 0 Å². The minimum absolute atomic E-state index is 0.132. The van der Waals surface area contributed by atoms with Crippen molar-refractivity contribution in [2.24, 2.45) is 0 Å². The third-order valence-electron chi connectivity index (χ3n) is 3.70. The van der Waals surface area contributed by atoms with Crippen LogP contribution in [0.2, 0.25) is 5.02 Å². The minimum atomic E-state index is -3.33. The van der Waals surface area contributed by atoms with Gasteiger partial charge in [-0.1, -0.05) is 17.7 Å². The first-order valence-electron chi connectivity index (χ1n) is 7.60. The second kappa shape index (κ2) is 7.31. The summed E-state index contributed by atoms with van der Waals surface area (Å²) in [6, 6.07) is 9.62. The van der Waals surface area contributed by atoms with Gasteiger partial charge in [0, 0.05) is 35.8 Å². The van der Waals surface area contributed by atoms with Crippen LogP contribution >= 0.6 is 11.6 Å². The third kappa shape index (κ3) is 4.12. The summed E-state index contributed by atoms with van der Waals surface area (Å²) in [6.45, 7) is 0.159. The molecule has 3 rings (SSSR count). The molecule has 1 amide bonds. The maximum Gasteiger partial charge on any atom is 0.253 e. The van der Waals surface area contributed by atoms with E-state index in [-0.39, 0.29) is 22.4 Å². The zero-order valence-corrected chi connectivity index (χ0v) is 15.3. The fourth-order valence-electron chi connectivity index (χ4n) is 2.32. The van der Waals surface area contributed by atoms with Gasteiger partial charge in [0.15, 0.2) is 9.84 Å². The molecule has 8 heteroatoms. The van der Waals surface area contributed by atoms with Gasteiger partial charge in [0.05, 0.1) is 16.7 Å². The van der Waals surface area contributed by atoms with Gasteiger partial charge in [-0.15, -0.1) is 0 Å². The van der Waals surface area contributed by atoms with Crippen LogP contribution in [-0.2, 0) is 16.4 Å². The Hall–Kier alpha value is -2.64. The highest BCUT2D eigenvalue weighted by Gasteiger charge is 2.12. The average Bonchev–Trinajstić information content (AvgIpc) is 3.14. The molecule has 0 fully saturated rings. The van der Waals surface area contributed by atoms with E-state index in [9.17, 15) is 13.2 Å². The quantitative estimate of drug-likeness (QED) is 0.721. The van der Waals surface area contributed by atoms with Gasteiger partial charge < -0.3 is 9.73 Å². The highest BCUT2D eigenvalue weighted by Crippen LogP contribution is 2.22. The molecule has 6 nitrogen and oxygen atoms in total. The van der Waals surface area contributed by atoms with Gasteiger partial charge in [0.2, 0.25) is 0 Å². The number of furan rings is 1. The number of carbonyl (C=O) groups is 1. The van der Waals surface area contributed by atoms with E-state index >= 15 is 0 Å². The maximum absolute atomic E-state index is 12.4. The number of nitrogens with zero attached hydrogens (tertiary/aromatic N) is 1. The predicted molar refractivity (Wildman–Crippen MR) is 97.7 cm³/mol. The minimum Gasteiger partial charge on any atom is -0.464 e. The maximum atomic E-state index is 12.4. The Bertz CT molecular complexity index is 1050. The number of sulfone groups is 1. The Labute approximate surface area is 155 Å². The van der Waals surface area contributed by atoms with E-state index in [1.165, 1.54) is 18.3 Å². The third-order valence-corrected chi connectivity index (χ3v) is 5.16. The number of nitrogens with one attached hydrogen (secondary N) is 1. The lowest BCUT2D eigenvalue weighted by atomic mass is 10.1. The van der Waals surface area contributed by atoms with Crippen LogP contribution < -0.4 is 5.32 Å². The van der Waals surface area contributed by atoms with Gasteiger partial charge in [-0.25, -0.2) is 8.42 Å². The van der Waals surface area contributed by atoms with Gasteiger partial charge >= 0.3 is 0 Å². The Morgan fingerprint density at radius 3 is 2.69 bits per heavy atom. The van der Waals surface area contributed by atoms with Crippen LogP contribution in [0.5, 0.6) is 0 Å². The summed E-state index contributed by atoms with van der Waals surface area (Å²) < 4.78 is 28.4. The van der Waals surface area contributed by atoms with Crippen molar-refractivity contribution in [2.75, 3.05) is 6.26 Å². The summed E-state index contributed by atoms with van der Waals surface area (Å²) >= 11 is 6.12. The van der Waals surface area contributed by atoms with Gasteiger partial charge in [-0.05, 0) is 35.9 Å². The number of carbonyl (C=O) groups excluding carboxylic acids is 1. The van der Waals surface area contributed by atoms with Crippen molar-refractivity contribution < 1.29 is 17.6 Å². The molecule has 134 valence electrons. The monoisotopic (exact) mass is 390 g/mol. The van der Waals surface area contributed by atoms with Crippen molar-refractivity contribution in [2.45, 2.75) is 11.4 Å². The molecule has 0 atom stereocenters. The van der Waals surface area contributed by atoms with Crippen molar-refractivity contribution in [3.05, 3.63) is 71.2 Å². The number of hydrogen-bond donors (Lipinski definition) is 1. The molecule has 2 aromatic heterocycles. The summed E-state index contributed by atoms with van der Waals surface area (Å²) in [5.74, 6) is 0.292. The standard InChI is InChI=1S/C18H15ClN2O4S/c1-26(23,24)15-5-4-12(16(19)8-15)11-21-18(22)14-7-13(9-20-10-14)17-3-2-6-25-17/h2-10H,11H2,1H3,(H,21,22). The van der Waals surface area contributed by atoms with E-state index in [1.54, 1.807) is 36.7 Å². The molecule has 0 unspecified atom stereocenters. The van der Waals surface area contributed by atoms with Crippen LogP contribution in [0.4, 0.5) is 0 Å². The lowest BCUT2D eigenvalue weighted by molar-refractivity contribution is 0.0950. The summed E-state index contributed by atoms with van der Waals surface area (Å²) in [5.41, 5.74) is 1.68. The summed E-state index contributed by atoms with van der Waals surface area (Å²) in [5, 5.41) is 3.02. The Balaban J connectivity index is 1.73. The van der Waals surface area contributed by atoms with Gasteiger partial charge in [-0.2, -0.15) is 0 Å². The molecule has 3 aromatic rings. The Morgan fingerprint density at radius 2 is 2.04 bits per heavy atom. The zero-order valence-electron chi connectivity index (χ0n) is 13.8. The highest BCUT2D eigenvalue weighted by molar-refractivity contribution is 7.90. The second-order valence-corrected chi connectivity index (χ2v) is 8.07. The van der Waals surface area contributed by atoms with Gasteiger partial charge in [0.1, 0.15) is 5.76 Å². The number of benzene rings is 1. The molecule has 1 N–H and O–H groups in total. The number of hydrogen-bond acceptors (Lipinski definition) is 5. The molecule has 0 spiro atoms. The van der Waals surface area contributed by atoms with Crippen molar-refractivity contribution in [3.8, 4) is 11.3 Å². The molecule has 0 aliphatic heterocycles. The molecule has 0 aliphatic carbocycles. The highest BCUT2D eigenvalue weighted by atomic mass is 35.5. The molecule has 0 radical (unpaired) electrons. The number of rotatable bonds is 5. The van der Waals surface area contributed by atoms with Crippen molar-refractivity contribution in [1.82, 2.24) is 10.3 Å². The first-order valence-corrected chi connectivity index (χ1v) is 9.87. The van der Waals surface area contributed by atoms with Crippen LogP contribution in [-0.4, -0.2) is 25.6 Å². The van der Waals surface area contributed by atoms with E-state index in [0.29, 0.717) is 22.5 Å². The fraction of sp³-hybridized carbons (Fsp3) is 0.111. The smallest absolute Gasteiger partial charge is 0.253 e. The number of aromatic nitrogens is 1. The SMILES string of the molecule is CS(=O)(=O)c1ccc(CNC(=O)c2cncc(-c3ccco3)c2)c(Cl)c1. The average molecular weight is 391 g/mol. The van der Waals surface area contributed by atoms with Crippen LogP contribution in [0.15, 0.2) is 64.4 Å². The van der Waals surface area contributed by atoms with E-state index in [1.807, 2.05) is 0 Å². The summed E-state index contributed by atoms with van der Waals surface area (Å²) in [4.78, 5) is 16.5. The van der Waals surface area contributed by atoms with Gasteiger partial charge in [0.25, 0.3) is 5.91 Å². The van der Waals surface area contributed by atoms with Crippen molar-refractivity contribution >= 4 is 27.3 Å². The predicted octanol–water partition coefficient (Wildman–Crippen LogP) is 3.33. The number of pyridine rings is 1. The summed E-state index contributed by atoms with van der Waals surface area (Å²) in [6.07, 6.45) is 5.72. The topological polar surface area (TPSA) is 89.3 Å². The molecule has 0 aliphatic rings. The molecule has 26 heavy (non-hydrogen) atoms. The normalized spacial score (nSPS) is 11.3. The largest absolute Gasteiger partial charge is 0.464 e. The van der Waals surface area contributed by atoms with Crippen molar-refractivity contribution in [3.63, 3.8) is 0 Å². The number of amides is 1. The van der Waals surface area contributed by atoms with E-state index in [2.05, 4.69) is 10.3 Å². The lowest BCUT2D eigenvalue weighted by Gasteiger charge is -2.09. The lowest BCUT2D eigenvalue weighted by Crippen LogP contribution is -2.23. The molecule has 0 bridgehead atoms. The van der Waals surface area contributed by atoms with Crippen LogP contribution in [0.1, 0.15) is 15.9 Å². The molecule has 1 aromatic carbocycles. The van der Waals surface area contributed by atoms with Gasteiger partial charge in [-0.3, -0.25) is 9.78 Å². The molecule has 0 saturated carbocycles. The zero-order chi connectivity index (χ0) is 18.7. The van der Waals surface area contributed by atoms with E-state index in [4.69, 9.17) is 16.0 Å². The summed E-state index contributed by atoms with van der Waals surface area (Å²) in [7, 11) is -3.33. The number of halogens is 1. The first-order chi connectivity index (χ1) is 12.3. The van der Waals surface area contributed by atoms with E-state index < -0.39 is 9.84 Å². The van der Waals surface area contributed by atoms with Crippen LogP contribution in [0.3, 0.4) is 0 Å². The fourth-order valence-corrected chi connectivity index (χ4v) is 3.28. The molecule has 0 saturated heterocycles. The Kier molecular flexibility index (Phi) is 5.11. The molecule has 2 heterocycles. The first kappa shape index (κ1) is 18.2. The molecular weight excluding hydrogens is 376 g/mol. The van der Waals surface area contributed by atoms with Crippen molar-refractivity contribution in [1.29, 1.82) is 0 Å². The second-order valence-electron chi connectivity index (χ2n) is 5.65. The van der Waals surface area contributed by atoms with E-state index in [0.717, 1.165) is 6.26 Å². The Morgan fingerprint density at radius 1 is 1.23 bits per heavy atom. The molecular formula is C18H15ClN2O4S.